The van der Waals surface area contributed by atoms with Gasteiger partial charge in [0.05, 0.1) is 17.4 Å². The standard InChI is InChI=1S/C27H17F6N3O2/c28-26(29,30)20-10-6-18(7-11-20)16-38-22-12-9-19(25-34-15-23(36-25)27(31,32)33)14-21(22)35-24(37)13-8-17-4-2-1-3-5-17/h1-7,9-12,14-15H,16H2,(H,34,36)(H,35,37). The topological polar surface area (TPSA) is 67.0 Å². The van der Waals surface area contributed by atoms with Gasteiger partial charge in [-0.05, 0) is 48.0 Å². The summed E-state index contributed by atoms with van der Waals surface area (Å²) in [6.45, 7) is -0.144. The highest BCUT2D eigenvalue weighted by atomic mass is 19.4. The van der Waals surface area contributed by atoms with Crippen molar-refractivity contribution in [2.75, 3.05) is 5.32 Å². The van der Waals surface area contributed by atoms with Crippen LogP contribution in [0.2, 0.25) is 0 Å². The SMILES string of the molecule is O=C(C#Cc1ccccc1)Nc1cc(-c2ncc(C(F)(F)F)[nH]2)ccc1OCc1ccc(C(F)(F)F)cc1. The van der Waals surface area contributed by atoms with Gasteiger partial charge in [-0.25, -0.2) is 4.98 Å². The second-order valence-electron chi connectivity index (χ2n) is 7.91. The number of aromatic nitrogens is 2. The van der Waals surface area contributed by atoms with Gasteiger partial charge in [0.2, 0.25) is 0 Å². The van der Waals surface area contributed by atoms with E-state index in [4.69, 9.17) is 4.74 Å². The highest BCUT2D eigenvalue weighted by Gasteiger charge is 2.33. The molecular formula is C27H17F6N3O2. The summed E-state index contributed by atoms with van der Waals surface area (Å²) in [5, 5.41) is 2.54. The number of carbonyl (C=O) groups excluding carboxylic acids is 1. The third kappa shape index (κ3) is 6.73. The van der Waals surface area contributed by atoms with Gasteiger partial charge >= 0.3 is 18.3 Å². The van der Waals surface area contributed by atoms with Crippen LogP contribution in [0.15, 0.2) is 79.0 Å². The van der Waals surface area contributed by atoms with E-state index in [2.05, 4.69) is 27.1 Å². The summed E-state index contributed by atoms with van der Waals surface area (Å²) in [5.41, 5.74) is -0.559. The molecule has 0 saturated carbocycles. The van der Waals surface area contributed by atoms with Crippen molar-refractivity contribution in [3.63, 3.8) is 0 Å². The van der Waals surface area contributed by atoms with Gasteiger partial charge in [0, 0.05) is 17.0 Å². The average Bonchev–Trinajstić information content (AvgIpc) is 3.38. The van der Waals surface area contributed by atoms with Gasteiger partial charge in [-0.3, -0.25) is 4.79 Å². The van der Waals surface area contributed by atoms with E-state index >= 15 is 0 Å². The fraction of sp³-hybridized carbons (Fsp3) is 0.111. The molecule has 0 saturated heterocycles. The molecule has 4 rings (SSSR count). The Balaban J connectivity index is 1.59. The summed E-state index contributed by atoms with van der Waals surface area (Å²) in [4.78, 5) is 18.4. The van der Waals surface area contributed by atoms with E-state index in [1.165, 1.54) is 30.3 Å². The lowest BCUT2D eigenvalue weighted by Crippen LogP contribution is -2.10. The van der Waals surface area contributed by atoms with Crippen molar-refractivity contribution < 1.29 is 35.9 Å². The van der Waals surface area contributed by atoms with Crippen LogP contribution in [0.25, 0.3) is 11.4 Å². The zero-order valence-corrected chi connectivity index (χ0v) is 19.2. The van der Waals surface area contributed by atoms with Crippen LogP contribution in [0.5, 0.6) is 5.75 Å². The third-order valence-electron chi connectivity index (χ3n) is 5.15. The molecular weight excluding hydrogens is 512 g/mol. The molecule has 0 atom stereocenters. The molecule has 0 aliphatic carbocycles. The largest absolute Gasteiger partial charge is 0.487 e. The Morgan fingerprint density at radius 1 is 0.921 bits per heavy atom. The summed E-state index contributed by atoms with van der Waals surface area (Å²) in [7, 11) is 0. The van der Waals surface area contributed by atoms with Gasteiger partial charge in [0.15, 0.2) is 0 Å². The number of hydrogen-bond acceptors (Lipinski definition) is 3. The van der Waals surface area contributed by atoms with Crippen molar-refractivity contribution in [1.82, 2.24) is 9.97 Å². The lowest BCUT2D eigenvalue weighted by atomic mass is 10.1. The van der Waals surface area contributed by atoms with E-state index in [1.807, 2.05) is 0 Å². The second-order valence-corrected chi connectivity index (χ2v) is 7.91. The van der Waals surface area contributed by atoms with Gasteiger partial charge < -0.3 is 15.0 Å². The van der Waals surface area contributed by atoms with E-state index in [0.717, 1.165) is 12.1 Å². The Morgan fingerprint density at radius 3 is 2.26 bits per heavy atom. The molecule has 1 amide bonds. The Kier molecular flexibility index (Phi) is 7.43. The van der Waals surface area contributed by atoms with Crippen LogP contribution < -0.4 is 10.1 Å². The molecule has 0 radical (unpaired) electrons. The molecule has 0 unspecified atom stereocenters. The number of nitrogens with zero attached hydrogens (tertiary/aromatic N) is 1. The van der Waals surface area contributed by atoms with E-state index in [1.54, 1.807) is 30.3 Å². The third-order valence-corrected chi connectivity index (χ3v) is 5.15. The molecule has 0 bridgehead atoms. The van der Waals surface area contributed by atoms with Crippen LogP contribution in [-0.2, 0) is 23.8 Å². The molecule has 11 heteroatoms. The fourth-order valence-electron chi connectivity index (χ4n) is 3.27. The smallest absolute Gasteiger partial charge is 0.432 e. The number of ether oxygens (including phenoxy) is 1. The molecule has 1 aromatic heterocycles. The lowest BCUT2D eigenvalue weighted by Gasteiger charge is -2.13. The maximum atomic E-state index is 13.0. The number of nitrogens with one attached hydrogen (secondary N) is 2. The summed E-state index contributed by atoms with van der Waals surface area (Å²) in [6.07, 6.45) is -8.46. The van der Waals surface area contributed by atoms with Crippen LogP contribution in [0.3, 0.4) is 0 Å². The van der Waals surface area contributed by atoms with Gasteiger partial charge in [-0.2, -0.15) is 26.3 Å². The van der Waals surface area contributed by atoms with Gasteiger partial charge in [0.1, 0.15) is 23.9 Å². The van der Waals surface area contributed by atoms with Crippen molar-refractivity contribution in [2.24, 2.45) is 0 Å². The number of imidazole rings is 1. The summed E-state index contributed by atoms with van der Waals surface area (Å²) >= 11 is 0. The molecule has 5 nitrogen and oxygen atoms in total. The van der Waals surface area contributed by atoms with Crippen molar-refractivity contribution in [2.45, 2.75) is 19.0 Å². The maximum absolute atomic E-state index is 13.0. The summed E-state index contributed by atoms with van der Waals surface area (Å²) in [5.74, 6) is 4.40. The first kappa shape index (κ1) is 26.3. The minimum Gasteiger partial charge on any atom is -0.487 e. The number of H-pyrrole nitrogens is 1. The number of amides is 1. The van der Waals surface area contributed by atoms with Gasteiger partial charge in [0.25, 0.3) is 0 Å². The average molecular weight is 529 g/mol. The predicted molar refractivity (Wildman–Crippen MR) is 127 cm³/mol. The zero-order valence-electron chi connectivity index (χ0n) is 19.2. The van der Waals surface area contributed by atoms with Gasteiger partial charge in [-0.15, -0.1) is 0 Å². The first-order valence-corrected chi connectivity index (χ1v) is 10.9. The number of hydrogen-bond donors (Lipinski definition) is 2. The minimum absolute atomic E-state index is 0.0757. The van der Waals surface area contributed by atoms with E-state index in [0.29, 0.717) is 17.3 Å². The van der Waals surface area contributed by atoms with Crippen LogP contribution in [0, 0.1) is 11.8 Å². The Labute approximate surface area is 212 Å². The van der Waals surface area contributed by atoms with Crippen molar-refractivity contribution in [3.05, 3.63) is 101 Å². The highest BCUT2D eigenvalue weighted by Crippen LogP contribution is 2.34. The molecule has 0 fully saturated rings. The first-order valence-electron chi connectivity index (χ1n) is 10.9. The molecule has 38 heavy (non-hydrogen) atoms. The van der Waals surface area contributed by atoms with E-state index in [-0.39, 0.29) is 29.4 Å². The number of halogens is 6. The molecule has 0 spiro atoms. The van der Waals surface area contributed by atoms with E-state index < -0.39 is 29.5 Å². The molecule has 3 aromatic carbocycles. The fourth-order valence-corrected chi connectivity index (χ4v) is 3.27. The molecule has 4 aromatic rings. The molecule has 0 aliphatic rings. The number of carbonyl (C=O) groups is 1. The zero-order chi connectivity index (χ0) is 27.3. The Bertz CT molecular complexity index is 1480. The quantitative estimate of drug-likeness (QED) is 0.224. The van der Waals surface area contributed by atoms with E-state index in [9.17, 15) is 31.1 Å². The van der Waals surface area contributed by atoms with Crippen LogP contribution in [0.1, 0.15) is 22.4 Å². The molecule has 0 aliphatic heterocycles. The first-order chi connectivity index (χ1) is 18.0. The molecule has 2 N–H and O–H groups in total. The second kappa shape index (κ2) is 10.7. The number of aromatic amines is 1. The number of alkyl halides is 6. The summed E-state index contributed by atoms with van der Waals surface area (Å²) in [6, 6.07) is 17.2. The normalized spacial score (nSPS) is 11.4. The Morgan fingerprint density at radius 2 is 1.63 bits per heavy atom. The highest BCUT2D eigenvalue weighted by molar-refractivity contribution is 6.05. The Hall–Kier alpha value is -4.72. The van der Waals surface area contributed by atoms with Crippen molar-refractivity contribution >= 4 is 11.6 Å². The lowest BCUT2D eigenvalue weighted by molar-refractivity contribution is -0.141. The number of benzene rings is 3. The summed E-state index contributed by atoms with van der Waals surface area (Å²) < 4.78 is 83.1. The predicted octanol–water partition coefficient (Wildman–Crippen LogP) is 6.68. The number of anilines is 1. The molecule has 1 heterocycles. The van der Waals surface area contributed by atoms with Crippen LogP contribution in [0.4, 0.5) is 32.0 Å². The van der Waals surface area contributed by atoms with Crippen LogP contribution >= 0.6 is 0 Å². The van der Waals surface area contributed by atoms with Gasteiger partial charge in [-0.1, -0.05) is 36.3 Å². The molecule has 194 valence electrons. The van der Waals surface area contributed by atoms with Crippen LogP contribution in [-0.4, -0.2) is 15.9 Å². The number of rotatable bonds is 5. The monoisotopic (exact) mass is 529 g/mol. The minimum atomic E-state index is -4.62. The maximum Gasteiger partial charge on any atom is 0.432 e. The van der Waals surface area contributed by atoms with Crippen molar-refractivity contribution in [1.29, 1.82) is 0 Å². The van der Waals surface area contributed by atoms with Crippen molar-refractivity contribution in [3.8, 4) is 29.0 Å².